The first-order valence-electron chi connectivity index (χ1n) is 7.25. The Hall–Kier alpha value is -1.39. The van der Waals surface area contributed by atoms with E-state index in [0.717, 1.165) is 43.6 Å². The fourth-order valence-electron chi connectivity index (χ4n) is 2.88. The van der Waals surface area contributed by atoms with E-state index in [1.807, 2.05) is 31.2 Å². The number of aliphatic hydroxyl groups is 1. The van der Waals surface area contributed by atoms with E-state index in [1.165, 1.54) is 0 Å². The molecule has 110 valence electrons. The minimum absolute atomic E-state index is 0.0836. The van der Waals surface area contributed by atoms with Crippen molar-refractivity contribution < 1.29 is 15.0 Å². The molecule has 4 nitrogen and oxygen atoms in total. The van der Waals surface area contributed by atoms with Gasteiger partial charge in [-0.3, -0.25) is 9.69 Å². The second kappa shape index (κ2) is 6.86. The van der Waals surface area contributed by atoms with Crippen molar-refractivity contribution in [3.63, 3.8) is 0 Å². The lowest BCUT2D eigenvalue weighted by Crippen LogP contribution is -2.36. The van der Waals surface area contributed by atoms with Crippen LogP contribution < -0.4 is 0 Å². The lowest BCUT2D eigenvalue weighted by Gasteiger charge is -2.33. The number of carbonyl (C=O) groups is 1. The molecule has 0 saturated carbocycles. The van der Waals surface area contributed by atoms with Gasteiger partial charge in [0.15, 0.2) is 0 Å². The van der Waals surface area contributed by atoms with Crippen LogP contribution >= 0.6 is 0 Å². The molecule has 1 saturated heterocycles. The molecule has 0 aliphatic carbocycles. The highest BCUT2D eigenvalue weighted by atomic mass is 16.4. The molecule has 0 radical (unpaired) electrons. The fourth-order valence-corrected chi connectivity index (χ4v) is 2.88. The Labute approximate surface area is 120 Å². The van der Waals surface area contributed by atoms with Crippen molar-refractivity contribution in [3.8, 4) is 0 Å². The van der Waals surface area contributed by atoms with Crippen molar-refractivity contribution in [2.75, 3.05) is 13.1 Å². The van der Waals surface area contributed by atoms with Crippen LogP contribution in [0.25, 0.3) is 0 Å². The Morgan fingerprint density at radius 3 is 2.45 bits per heavy atom. The molecule has 2 rings (SSSR count). The van der Waals surface area contributed by atoms with Crippen molar-refractivity contribution in [2.45, 2.75) is 38.8 Å². The van der Waals surface area contributed by atoms with Gasteiger partial charge in [-0.25, -0.2) is 0 Å². The summed E-state index contributed by atoms with van der Waals surface area (Å²) in [6.45, 7) is 4.60. The molecule has 0 spiro atoms. The number of rotatable bonds is 5. The largest absolute Gasteiger partial charge is 0.481 e. The lowest BCUT2D eigenvalue weighted by atomic mass is 9.92. The highest BCUT2D eigenvalue weighted by Gasteiger charge is 2.23. The third-order valence-corrected chi connectivity index (χ3v) is 4.17. The molecule has 0 amide bonds. The molecule has 1 aliphatic heterocycles. The molecule has 4 heteroatoms. The van der Waals surface area contributed by atoms with Crippen molar-refractivity contribution in [1.29, 1.82) is 0 Å². The van der Waals surface area contributed by atoms with E-state index >= 15 is 0 Å². The standard InChI is InChI=1S/C16H23NO3/c1-12(18)13-6-8-17(9-7-13)11-15-5-3-2-4-14(15)10-16(19)20/h2-5,12-13,18H,6-11H2,1H3,(H,19,20). The first kappa shape index (κ1) is 15.0. The second-order valence-corrected chi connectivity index (χ2v) is 5.69. The van der Waals surface area contributed by atoms with E-state index in [4.69, 9.17) is 5.11 Å². The Balaban J connectivity index is 1.96. The highest BCUT2D eigenvalue weighted by molar-refractivity contribution is 5.70. The molecule has 1 aromatic rings. The fraction of sp³-hybridized carbons (Fsp3) is 0.562. The minimum Gasteiger partial charge on any atom is -0.481 e. The molecule has 0 aromatic heterocycles. The van der Waals surface area contributed by atoms with E-state index in [2.05, 4.69) is 4.90 Å². The number of aliphatic carboxylic acids is 1. The van der Waals surface area contributed by atoms with Gasteiger partial charge in [-0.2, -0.15) is 0 Å². The Kier molecular flexibility index (Phi) is 5.15. The summed E-state index contributed by atoms with van der Waals surface area (Å²) in [5, 5.41) is 18.6. The maximum atomic E-state index is 10.9. The van der Waals surface area contributed by atoms with Crippen LogP contribution in [0.5, 0.6) is 0 Å². The van der Waals surface area contributed by atoms with Gasteiger partial charge in [0.2, 0.25) is 0 Å². The Morgan fingerprint density at radius 2 is 1.90 bits per heavy atom. The van der Waals surface area contributed by atoms with Crippen LogP contribution in [0, 0.1) is 5.92 Å². The quantitative estimate of drug-likeness (QED) is 0.863. The van der Waals surface area contributed by atoms with E-state index in [1.54, 1.807) is 0 Å². The van der Waals surface area contributed by atoms with Crippen molar-refractivity contribution in [2.24, 2.45) is 5.92 Å². The molecule has 1 aromatic carbocycles. The predicted octanol–water partition coefficient (Wildman–Crippen LogP) is 1.91. The van der Waals surface area contributed by atoms with Crippen LogP contribution in [-0.2, 0) is 17.8 Å². The smallest absolute Gasteiger partial charge is 0.307 e. The van der Waals surface area contributed by atoms with Gasteiger partial charge >= 0.3 is 5.97 Å². The van der Waals surface area contributed by atoms with E-state index < -0.39 is 5.97 Å². The van der Waals surface area contributed by atoms with Gasteiger partial charge in [0.25, 0.3) is 0 Å². The zero-order chi connectivity index (χ0) is 14.5. The summed E-state index contributed by atoms with van der Waals surface area (Å²) in [5.41, 5.74) is 2.00. The van der Waals surface area contributed by atoms with Crippen LogP contribution in [0.3, 0.4) is 0 Å². The number of hydrogen-bond donors (Lipinski definition) is 2. The van der Waals surface area contributed by atoms with Gasteiger partial charge in [-0.15, -0.1) is 0 Å². The van der Waals surface area contributed by atoms with Gasteiger partial charge in [-0.1, -0.05) is 24.3 Å². The van der Waals surface area contributed by atoms with Crippen molar-refractivity contribution >= 4 is 5.97 Å². The number of carboxylic acids is 1. The summed E-state index contributed by atoms with van der Waals surface area (Å²) in [7, 11) is 0. The SMILES string of the molecule is CC(O)C1CCN(Cc2ccccc2CC(=O)O)CC1. The molecule has 1 fully saturated rings. The maximum absolute atomic E-state index is 10.9. The van der Waals surface area contributed by atoms with Crippen LogP contribution in [0.4, 0.5) is 0 Å². The summed E-state index contributed by atoms with van der Waals surface area (Å²) >= 11 is 0. The zero-order valence-corrected chi connectivity index (χ0v) is 12.0. The molecule has 1 atom stereocenters. The number of hydrogen-bond acceptors (Lipinski definition) is 3. The molecule has 2 N–H and O–H groups in total. The summed E-state index contributed by atoms with van der Waals surface area (Å²) in [5.74, 6) is -0.384. The third kappa shape index (κ3) is 4.05. The number of nitrogens with zero attached hydrogens (tertiary/aromatic N) is 1. The topological polar surface area (TPSA) is 60.8 Å². The van der Waals surface area contributed by atoms with Crippen LogP contribution in [0.1, 0.15) is 30.9 Å². The number of carboxylic acid groups (broad SMARTS) is 1. The Morgan fingerprint density at radius 1 is 1.30 bits per heavy atom. The van der Waals surface area contributed by atoms with E-state index in [0.29, 0.717) is 5.92 Å². The number of likely N-dealkylation sites (tertiary alicyclic amines) is 1. The predicted molar refractivity (Wildman–Crippen MR) is 77.5 cm³/mol. The van der Waals surface area contributed by atoms with Gasteiger partial charge in [0.05, 0.1) is 12.5 Å². The minimum atomic E-state index is -0.787. The van der Waals surface area contributed by atoms with E-state index in [9.17, 15) is 9.90 Å². The first-order valence-corrected chi connectivity index (χ1v) is 7.25. The van der Waals surface area contributed by atoms with E-state index in [-0.39, 0.29) is 12.5 Å². The molecular formula is C16H23NO3. The number of aliphatic hydroxyl groups excluding tert-OH is 1. The highest BCUT2D eigenvalue weighted by Crippen LogP contribution is 2.22. The van der Waals surface area contributed by atoms with Crippen molar-refractivity contribution in [3.05, 3.63) is 35.4 Å². The molecule has 1 aliphatic rings. The van der Waals surface area contributed by atoms with Crippen molar-refractivity contribution in [1.82, 2.24) is 4.90 Å². The van der Waals surface area contributed by atoms with Gasteiger partial charge in [0.1, 0.15) is 0 Å². The summed E-state index contributed by atoms with van der Waals surface area (Å²) < 4.78 is 0. The van der Waals surface area contributed by atoms with Gasteiger partial charge in [0, 0.05) is 6.54 Å². The summed E-state index contributed by atoms with van der Waals surface area (Å²) in [6.07, 6.45) is 1.88. The first-order chi connectivity index (χ1) is 9.56. The lowest BCUT2D eigenvalue weighted by molar-refractivity contribution is -0.136. The normalized spacial score (nSPS) is 18.9. The number of piperidine rings is 1. The molecule has 0 bridgehead atoms. The average Bonchev–Trinajstić information content (AvgIpc) is 2.41. The maximum Gasteiger partial charge on any atom is 0.307 e. The van der Waals surface area contributed by atoms with Gasteiger partial charge < -0.3 is 10.2 Å². The van der Waals surface area contributed by atoms with Gasteiger partial charge in [-0.05, 0) is 49.9 Å². The van der Waals surface area contributed by atoms with Crippen LogP contribution in [0.2, 0.25) is 0 Å². The monoisotopic (exact) mass is 277 g/mol. The second-order valence-electron chi connectivity index (χ2n) is 5.69. The molecular weight excluding hydrogens is 254 g/mol. The molecule has 1 heterocycles. The van der Waals surface area contributed by atoms with Crippen LogP contribution in [0.15, 0.2) is 24.3 Å². The average molecular weight is 277 g/mol. The summed E-state index contributed by atoms with van der Waals surface area (Å²) in [4.78, 5) is 13.2. The van der Waals surface area contributed by atoms with Crippen LogP contribution in [-0.4, -0.2) is 40.3 Å². The molecule has 1 unspecified atom stereocenters. The number of benzene rings is 1. The zero-order valence-electron chi connectivity index (χ0n) is 12.0. The molecule has 20 heavy (non-hydrogen) atoms. The third-order valence-electron chi connectivity index (χ3n) is 4.17. The Bertz CT molecular complexity index is 451. The summed E-state index contributed by atoms with van der Waals surface area (Å²) in [6, 6.07) is 7.76.